The average molecular weight is 1300 g/mol. The molecule has 0 amide bonds. The van der Waals surface area contributed by atoms with Gasteiger partial charge in [-0.3, -0.25) is 0 Å². The lowest BCUT2D eigenvalue weighted by Crippen LogP contribution is -2.27. The van der Waals surface area contributed by atoms with Crippen LogP contribution in [0.4, 0.5) is 0 Å². The smallest absolute Gasteiger partial charge is 0.0582 e. The van der Waals surface area contributed by atoms with Crippen LogP contribution >= 0.6 is 11.6 Å². The van der Waals surface area contributed by atoms with Gasteiger partial charge in [-0.2, -0.15) is 0 Å². The van der Waals surface area contributed by atoms with E-state index in [9.17, 15) is 0 Å². The number of benzene rings is 14. The van der Waals surface area contributed by atoms with Gasteiger partial charge in [0.1, 0.15) is 0 Å². The summed E-state index contributed by atoms with van der Waals surface area (Å²) in [7, 11) is 0. The first-order chi connectivity index (χ1) is 48.5. The van der Waals surface area contributed by atoms with Crippen molar-refractivity contribution in [1.82, 2.24) is 13.7 Å². The zero-order valence-electron chi connectivity index (χ0n) is 57.4. The maximum atomic E-state index is 6.55. The van der Waals surface area contributed by atoms with Crippen molar-refractivity contribution < 1.29 is 0 Å². The monoisotopic (exact) mass is 1300 g/mol. The molecule has 0 radical (unpaired) electrons. The van der Waals surface area contributed by atoms with Crippen LogP contribution in [0, 0.1) is 0 Å². The lowest BCUT2D eigenvalue weighted by atomic mass is 9.72. The third-order valence-electron chi connectivity index (χ3n) is 23.7. The van der Waals surface area contributed by atoms with Crippen molar-refractivity contribution in [2.24, 2.45) is 0 Å². The van der Waals surface area contributed by atoms with Crippen molar-refractivity contribution in [3.63, 3.8) is 0 Å². The van der Waals surface area contributed by atoms with Crippen LogP contribution in [-0.2, 0) is 21.7 Å². The van der Waals surface area contributed by atoms with Gasteiger partial charge in [0.25, 0.3) is 0 Å². The van der Waals surface area contributed by atoms with Gasteiger partial charge in [0.05, 0.1) is 44.5 Å². The number of halogens is 1. The molecule has 17 aromatic rings. The molecule has 21 rings (SSSR count). The van der Waals surface area contributed by atoms with Gasteiger partial charge < -0.3 is 13.7 Å². The van der Waals surface area contributed by atoms with E-state index in [0.29, 0.717) is 0 Å². The Labute approximate surface area is 588 Å². The van der Waals surface area contributed by atoms with E-state index in [4.69, 9.17) is 11.6 Å². The first-order valence-corrected chi connectivity index (χ1v) is 35.7. The van der Waals surface area contributed by atoms with Crippen LogP contribution in [0.1, 0.15) is 99.9 Å². The zero-order chi connectivity index (χ0) is 67.5. The molecule has 0 N–H and O–H groups in total. The summed E-state index contributed by atoms with van der Waals surface area (Å²) in [5.74, 6) is 0. The van der Waals surface area contributed by atoms with Gasteiger partial charge in [-0.25, -0.2) is 0 Å². The number of nitrogens with zero attached hydrogens (tertiary/aromatic N) is 3. The molecule has 5 heterocycles. The summed E-state index contributed by atoms with van der Waals surface area (Å²) >= 11 is 6.55. The second-order valence-electron chi connectivity index (χ2n) is 30.6. The maximum absolute atomic E-state index is 6.55. The van der Waals surface area contributed by atoms with Crippen molar-refractivity contribution in [3.8, 4) is 83.8 Å². The number of aromatic nitrogens is 3. The molecular formula is C96H72ClN3. The minimum Gasteiger partial charge on any atom is -0.309 e. The fraction of sp³-hybridized carbons (Fsp3) is 0.125. The predicted molar refractivity (Wildman–Crippen MR) is 422 cm³/mol. The van der Waals surface area contributed by atoms with Crippen molar-refractivity contribution in [3.05, 3.63) is 341 Å². The molecule has 478 valence electrons. The lowest BCUT2D eigenvalue weighted by Gasteiger charge is -2.36. The van der Waals surface area contributed by atoms with E-state index in [-0.39, 0.29) is 21.7 Å². The topological polar surface area (TPSA) is 14.8 Å². The van der Waals surface area contributed by atoms with Gasteiger partial charge in [-0.05, 0) is 220 Å². The van der Waals surface area contributed by atoms with Gasteiger partial charge in [-0.15, -0.1) is 0 Å². The Kier molecular flexibility index (Phi) is 12.3. The maximum Gasteiger partial charge on any atom is 0.0582 e. The van der Waals surface area contributed by atoms with Crippen molar-refractivity contribution in [1.29, 1.82) is 0 Å². The summed E-state index contributed by atoms with van der Waals surface area (Å²) in [6, 6.07) is 108. The van der Waals surface area contributed by atoms with E-state index >= 15 is 0 Å². The molecule has 3 nitrogen and oxygen atoms in total. The Morgan fingerprint density at radius 1 is 0.220 bits per heavy atom. The molecule has 0 bridgehead atoms. The number of para-hydroxylation sites is 2. The van der Waals surface area contributed by atoms with E-state index in [1.165, 1.54) is 194 Å². The standard InChI is InChI=1S/C54H40N2.C42H32ClN/c1-53(2)44-30-37(55-48-21-13-11-19-39(48)40-20-12-14-22-49(40)55)24-25-38(44)41-31-46-51(32-45(41)53)56-50-26-23-35(33-15-7-5-8-16-33)27-42(50)43-28-36(34-17-9-6-10-18-34)29-47(52(43)56)54(46,3)4;1-41(2)34-22-29(43)16-17-30(34)31-23-36-39(24-35(31)41)44-38-18-15-27(25-11-7-5-8-12-25)19-32(38)33-20-28(26-13-9-6-10-14-26)21-37(40(33)44)42(36,3)4/h5-32H,1-4H3;5-24H,1-4H3. The molecule has 100 heavy (non-hydrogen) atoms. The second kappa shape index (κ2) is 20.9. The molecule has 4 aliphatic rings. The number of hydrogen-bond donors (Lipinski definition) is 0. The minimum atomic E-state index is -0.240. The predicted octanol–water partition coefficient (Wildman–Crippen LogP) is 25.9. The summed E-state index contributed by atoms with van der Waals surface area (Å²) in [6.07, 6.45) is 0. The molecule has 14 aromatic carbocycles. The van der Waals surface area contributed by atoms with Crippen molar-refractivity contribution >= 4 is 77.0 Å². The van der Waals surface area contributed by atoms with Crippen LogP contribution in [0.2, 0.25) is 5.02 Å². The quantitative estimate of drug-likeness (QED) is 0.163. The van der Waals surface area contributed by atoms with Crippen molar-refractivity contribution in [2.45, 2.75) is 77.0 Å². The Bertz CT molecular complexity index is 6320. The molecule has 0 unspecified atom stereocenters. The molecule has 0 atom stereocenters. The summed E-state index contributed by atoms with van der Waals surface area (Å²) < 4.78 is 7.59. The van der Waals surface area contributed by atoms with Crippen LogP contribution in [0.3, 0.4) is 0 Å². The normalized spacial score (nSPS) is 15.0. The van der Waals surface area contributed by atoms with Gasteiger partial charge in [0.2, 0.25) is 0 Å². The lowest BCUT2D eigenvalue weighted by molar-refractivity contribution is 0.625. The van der Waals surface area contributed by atoms with E-state index in [0.717, 1.165) is 5.02 Å². The molecule has 0 saturated carbocycles. The highest BCUT2D eigenvalue weighted by Crippen LogP contribution is 2.59. The van der Waals surface area contributed by atoms with Gasteiger partial charge in [-0.1, -0.05) is 249 Å². The van der Waals surface area contributed by atoms with Crippen LogP contribution in [0.15, 0.2) is 291 Å². The van der Waals surface area contributed by atoms with Crippen molar-refractivity contribution in [2.75, 3.05) is 0 Å². The van der Waals surface area contributed by atoms with Crippen LogP contribution in [-0.4, -0.2) is 13.7 Å². The highest BCUT2D eigenvalue weighted by atomic mass is 35.5. The Hall–Kier alpha value is -11.2. The molecule has 3 aromatic heterocycles. The molecule has 2 aliphatic carbocycles. The summed E-state index contributed by atoms with van der Waals surface area (Å²) in [4.78, 5) is 0. The van der Waals surface area contributed by atoms with E-state index < -0.39 is 0 Å². The highest BCUT2D eigenvalue weighted by Gasteiger charge is 2.44. The molecule has 4 heteroatoms. The van der Waals surface area contributed by atoms with Crippen LogP contribution < -0.4 is 0 Å². The van der Waals surface area contributed by atoms with Gasteiger partial charge >= 0.3 is 0 Å². The highest BCUT2D eigenvalue weighted by molar-refractivity contribution is 6.31. The second-order valence-corrected chi connectivity index (χ2v) is 31.0. The largest absolute Gasteiger partial charge is 0.309 e. The summed E-state index contributed by atoms with van der Waals surface area (Å²) in [5.41, 5.74) is 36.8. The van der Waals surface area contributed by atoms with E-state index in [2.05, 4.69) is 354 Å². The first kappa shape index (κ1) is 58.9. The SMILES string of the molecule is CC1(C)c2cc(-n3c4ccccc4c4ccccc43)ccc2-c2cc3c(cc21)-n1c2ccc(-c4ccccc4)cc2c2cc(-c4ccccc4)cc(c21)C3(C)C.CC1(C)c2cc(Cl)ccc2-c2cc3c(cc21)-n1c2ccc(-c4ccccc4)cc2c2cc(-c4ccccc4)cc(c21)C3(C)C. The fourth-order valence-electron chi connectivity index (χ4n) is 18.5. The van der Waals surface area contributed by atoms with E-state index in [1.54, 1.807) is 0 Å². The Morgan fingerprint density at radius 2 is 0.570 bits per heavy atom. The summed E-state index contributed by atoms with van der Waals surface area (Å²) in [6.45, 7) is 19.2. The van der Waals surface area contributed by atoms with E-state index in [1.807, 2.05) is 6.07 Å². The third kappa shape index (κ3) is 8.21. The fourth-order valence-corrected chi connectivity index (χ4v) is 18.6. The van der Waals surface area contributed by atoms with Gasteiger partial charge in [0, 0.05) is 64.7 Å². The average Bonchev–Trinajstić information content (AvgIpc) is 1.49. The molecule has 0 fully saturated rings. The third-order valence-corrected chi connectivity index (χ3v) is 23.9. The van der Waals surface area contributed by atoms with Crippen LogP contribution in [0.5, 0.6) is 0 Å². The molecule has 2 aliphatic heterocycles. The number of hydrogen-bond acceptors (Lipinski definition) is 0. The zero-order valence-corrected chi connectivity index (χ0v) is 58.2. The minimum absolute atomic E-state index is 0.144. The molecule has 0 saturated heterocycles. The number of fused-ring (bicyclic) bond motifs is 19. The van der Waals surface area contributed by atoms with Crippen LogP contribution in [0.25, 0.3) is 149 Å². The Balaban J connectivity index is 0.000000139. The summed E-state index contributed by atoms with van der Waals surface area (Å²) in [5, 5.41) is 8.58. The first-order valence-electron chi connectivity index (χ1n) is 35.3. The van der Waals surface area contributed by atoms with Gasteiger partial charge in [0.15, 0.2) is 0 Å². The Morgan fingerprint density at radius 3 is 1.01 bits per heavy atom. The molecule has 0 spiro atoms. The molecular weight excluding hydrogens is 1230 g/mol. The number of rotatable bonds is 5.